The number of aromatic nitrogens is 2. The molecule has 0 saturated heterocycles. The number of carboxylic acid groups (broad SMARTS) is 1. The van der Waals surface area contributed by atoms with Crippen LogP contribution in [0.3, 0.4) is 0 Å². The SMILES string of the molecule is CC(=O)O.O=[N+]([O-])c1ccc(S(=O)(=O)Nc2cccc3ccc4cccnc4c23)cc1.[Pd].c1ccncc1. The Morgan fingerprint density at radius 3 is 2.03 bits per heavy atom. The molecule has 0 aliphatic rings. The van der Waals surface area contributed by atoms with Crippen molar-refractivity contribution in [2.24, 2.45) is 0 Å². The van der Waals surface area contributed by atoms with E-state index in [-0.39, 0.29) is 31.0 Å². The second-order valence-electron chi connectivity index (χ2n) is 7.44. The number of benzene rings is 3. The molecule has 5 rings (SSSR count). The van der Waals surface area contributed by atoms with Gasteiger partial charge < -0.3 is 5.11 Å². The third-order valence-electron chi connectivity index (χ3n) is 4.78. The van der Waals surface area contributed by atoms with E-state index in [1.165, 1.54) is 12.1 Å². The molecule has 0 unspecified atom stereocenters. The average Bonchev–Trinajstić information content (AvgIpc) is 2.89. The molecule has 2 aromatic heterocycles. The van der Waals surface area contributed by atoms with Crippen molar-refractivity contribution in [1.82, 2.24) is 9.97 Å². The smallest absolute Gasteiger partial charge is 0.300 e. The van der Waals surface area contributed by atoms with Gasteiger partial charge in [0.15, 0.2) is 0 Å². The van der Waals surface area contributed by atoms with Gasteiger partial charge in [0.1, 0.15) is 0 Å². The van der Waals surface area contributed by atoms with Crippen LogP contribution in [-0.2, 0) is 35.2 Å². The maximum Gasteiger partial charge on any atom is 0.300 e. The van der Waals surface area contributed by atoms with E-state index in [9.17, 15) is 18.5 Å². The number of carbonyl (C=O) groups is 1. The first kappa shape index (κ1) is 30.0. The largest absolute Gasteiger partial charge is 0.481 e. The van der Waals surface area contributed by atoms with Crippen LogP contribution in [0.15, 0.2) is 108 Å². The molecule has 0 fully saturated rings. The minimum absolute atomic E-state index is 0. The van der Waals surface area contributed by atoms with Crippen molar-refractivity contribution in [2.75, 3.05) is 4.72 Å². The molecule has 0 amide bonds. The molecule has 0 spiro atoms. The molecule has 10 nitrogen and oxygen atoms in total. The van der Waals surface area contributed by atoms with Crippen LogP contribution < -0.4 is 4.72 Å². The molecule has 0 saturated carbocycles. The number of non-ortho nitro benzene ring substituents is 1. The quantitative estimate of drug-likeness (QED) is 0.119. The summed E-state index contributed by atoms with van der Waals surface area (Å²) in [7, 11) is -3.92. The number of aliphatic carboxylic acids is 1. The molecule has 0 radical (unpaired) electrons. The predicted octanol–water partition coefficient (Wildman–Crippen LogP) is 5.27. The van der Waals surface area contributed by atoms with Crippen molar-refractivity contribution >= 4 is 49.0 Å². The first-order valence-electron chi connectivity index (χ1n) is 10.8. The third kappa shape index (κ3) is 8.14. The first-order valence-corrected chi connectivity index (χ1v) is 12.3. The number of nitrogens with zero attached hydrogens (tertiary/aromatic N) is 3. The molecule has 2 N–H and O–H groups in total. The summed E-state index contributed by atoms with van der Waals surface area (Å²) in [4.78, 5) is 27.3. The van der Waals surface area contributed by atoms with Crippen LogP contribution >= 0.6 is 0 Å². The van der Waals surface area contributed by atoms with Crippen molar-refractivity contribution in [2.45, 2.75) is 11.8 Å². The van der Waals surface area contributed by atoms with Crippen LogP contribution in [-0.4, -0.2) is 34.4 Å². The van der Waals surface area contributed by atoms with E-state index >= 15 is 0 Å². The van der Waals surface area contributed by atoms with E-state index in [4.69, 9.17) is 9.90 Å². The van der Waals surface area contributed by atoms with Crippen LogP contribution in [0.2, 0.25) is 0 Å². The van der Waals surface area contributed by atoms with Gasteiger partial charge in [-0.2, -0.15) is 0 Å². The molecule has 0 aliphatic carbocycles. The van der Waals surface area contributed by atoms with E-state index in [0.29, 0.717) is 16.6 Å². The fourth-order valence-electron chi connectivity index (χ4n) is 3.26. The summed E-state index contributed by atoms with van der Waals surface area (Å²) in [6.45, 7) is 1.08. The van der Waals surface area contributed by atoms with Crippen LogP contribution in [0.5, 0.6) is 0 Å². The summed E-state index contributed by atoms with van der Waals surface area (Å²) in [5.41, 5.74) is 0.918. The number of sulfonamides is 1. The minimum Gasteiger partial charge on any atom is -0.481 e. The van der Waals surface area contributed by atoms with Crippen molar-refractivity contribution in [3.63, 3.8) is 0 Å². The maximum atomic E-state index is 12.8. The molecular weight excluding hydrogens is 603 g/mol. The molecular formula is C26H22N4O6PdS. The van der Waals surface area contributed by atoms with E-state index in [1.807, 2.05) is 48.5 Å². The zero-order chi connectivity index (χ0) is 26.8. The van der Waals surface area contributed by atoms with Gasteiger partial charge in [0.2, 0.25) is 0 Å². The first-order chi connectivity index (χ1) is 17.7. The third-order valence-corrected chi connectivity index (χ3v) is 6.16. The Morgan fingerprint density at radius 2 is 1.47 bits per heavy atom. The Kier molecular flexibility index (Phi) is 11.0. The van der Waals surface area contributed by atoms with Gasteiger partial charge in [-0.1, -0.05) is 36.4 Å². The summed E-state index contributed by atoms with van der Waals surface area (Å²) >= 11 is 0. The van der Waals surface area contributed by atoms with Gasteiger partial charge in [0, 0.05) is 68.8 Å². The van der Waals surface area contributed by atoms with Gasteiger partial charge in [-0.25, -0.2) is 8.42 Å². The molecule has 3 aromatic carbocycles. The topological polar surface area (TPSA) is 152 Å². The Morgan fingerprint density at radius 1 is 0.868 bits per heavy atom. The number of rotatable bonds is 4. The summed E-state index contributed by atoms with van der Waals surface area (Å²) < 4.78 is 28.1. The predicted molar refractivity (Wildman–Crippen MR) is 141 cm³/mol. The second kappa shape index (κ2) is 13.9. The van der Waals surface area contributed by atoms with Crippen molar-refractivity contribution in [3.8, 4) is 0 Å². The van der Waals surface area contributed by atoms with E-state index < -0.39 is 20.9 Å². The monoisotopic (exact) mass is 624 g/mol. The Balaban J connectivity index is 0.000000390. The molecule has 12 heteroatoms. The molecule has 0 bridgehead atoms. The summed E-state index contributed by atoms with van der Waals surface area (Å²) in [6, 6.07) is 23.3. The van der Waals surface area contributed by atoms with E-state index in [2.05, 4.69) is 14.7 Å². The van der Waals surface area contributed by atoms with Gasteiger partial charge in [0.05, 0.1) is 21.0 Å². The molecule has 198 valence electrons. The normalized spacial score (nSPS) is 10.1. The molecule has 2 heterocycles. The standard InChI is InChI=1S/C19H13N3O4S.C5H5N.C2H4O2.Pd/c23-22(24)15-8-10-16(11-9-15)27(25,26)21-17-5-1-3-13-6-7-14-4-2-12-20-19(14)18(13)17;1-2-4-6-5-3-1;1-2(3)4;/h1-12,21H;1-5H;1H3,(H,3,4);. The van der Waals surface area contributed by atoms with Gasteiger partial charge >= 0.3 is 0 Å². The molecule has 0 aliphatic heterocycles. The van der Waals surface area contributed by atoms with Gasteiger partial charge in [-0.3, -0.25) is 29.6 Å². The summed E-state index contributed by atoms with van der Waals surface area (Å²) in [6.07, 6.45) is 5.16. The van der Waals surface area contributed by atoms with Crippen molar-refractivity contribution in [1.29, 1.82) is 0 Å². The Hall–Kier alpha value is -4.24. The molecule has 5 aromatic rings. The van der Waals surface area contributed by atoms with E-state index in [0.717, 1.165) is 29.8 Å². The number of pyridine rings is 2. The number of hydrogen-bond acceptors (Lipinski definition) is 7. The fraction of sp³-hybridized carbons (Fsp3) is 0.0385. The maximum absolute atomic E-state index is 12.8. The number of carboxylic acids is 1. The Bertz CT molecular complexity index is 1600. The summed E-state index contributed by atoms with van der Waals surface area (Å²) in [5, 5.41) is 20.6. The van der Waals surface area contributed by atoms with Crippen LogP contribution in [0.1, 0.15) is 6.92 Å². The fourth-order valence-corrected chi connectivity index (χ4v) is 4.33. The van der Waals surface area contributed by atoms with Crippen LogP contribution in [0, 0.1) is 10.1 Å². The van der Waals surface area contributed by atoms with Gasteiger partial charge in [0.25, 0.3) is 21.7 Å². The second-order valence-corrected chi connectivity index (χ2v) is 9.13. The van der Waals surface area contributed by atoms with Crippen LogP contribution in [0.25, 0.3) is 21.7 Å². The van der Waals surface area contributed by atoms with Crippen molar-refractivity contribution < 1.29 is 43.7 Å². The number of nitrogens with one attached hydrogen (secondary N) is 1. The zero-order valence-corrected chi connectivity index (χ0v) is 22.2. The Labute approximate surface area is 232 Å². The number of nitro benzene ring substituents is 1. The number of fused-ring (bicyclic) bond motifs is 3. The summed E-state index contributed by atoms with van der Waals surface area (Å²) in [5.74, 6) is -0.833. The number of hydrogen-bond donors (Lipinski definition) is 2. The minimum atomic E-state index is -3.92. The van der Waals surface area contributed by atoms with Crippen molar-refractivity contribution in [3.05, 3.63) is 114 Å². The number of nitro groups is 1. The van der Waals surface area contributed by atoms with Gasteiger partial charge in [-0.15, -0.1) is 0 Å². The zero-order valence-electron chi connectivity index (χ0n) is 19.9. The van der Waals surface area contributed by atoms with Gasteiger partial charge in [-0.05, 0) is 41.8 Å². The molecule has 38 heavy (non-hydrogen) atoms. The number of anilines is 1. The molecule has 0 atom stereocenters. The van der Waals surface area contributed by atoms with Crippen LogP contribution in [0.4, 0.5) is 11.4 Å². The van der Waals surface area contributed by atoms with E-state index in [1.54, 1.807) is 30.7 Å². The average molecular weight is 625 g/mol.